The summed E-state index contributed by atoms with van der Waals surface area (Å²) in [5.74, 6) is 1.70. The van der Waals surface area contributed by atoms with Crippen molar-refractivity contribution in [3.05, 3.63) is 29.7 Å². The number of hydrogen-bond acceptors (Lipinski definition) is 6. The van der Waals surface area contributed by atoms with Crippen molar-refractivity contribution < 1.29 is 4.79 Å². The molecule has 1 aliphatic carbocycles. The van der Waals surface area contributed by atoms with E-state index in [0.29, 0.717) is 17.6 Å². The molecule has 2 aromatic heterocycles. The summed E-state index contributed by atoms with van der Waals surface area (Å²) < 4.78 is 1.58. The molecule has 1 aliphatic rings. The normalized spacial score (nSPS) is 15.3. The van der Waals surface area contributed by atoms with E-state index in [2.05, 4.69) is 20.1 Å². The molecule has 3 rings (SSSR count). The lowest BCUT2D eigenvalue weighted by Gasteiger charge is -2.06. The van der Waals surface area contributed by atoms with E-state index < -0.39 is 5.91 Å². The van der Waals surface area contributed by atoms with Crippen LogP contribution in [-0.4, -0.2) is 30.6 Å². The predicted octanol–water partition coefficient (Wildman–Crippen LogP) is 0.475. The number of nitrogens with two attached hydrogens (primary N) is 2. The summed E-state index contributed by atoms with van der Waals surface area (Å²) in [7, 11) is 0. The van der Waals surface area contributed by atoms with Gasteiger partial charge >= 0.3 is 0 Å². The Balaban J connectivity index is 0.00000161. The first kappa shape index (κ1) is 15.3. The van der Waals surface area contributed by atoms with E-state index in [1.54, 1.807) is 4.68 Å². The summed E-state index contributed by atoms with van der Waals surface area (Å²) in [6.45, 7) is 1.84. The van der Waals surface area contributed by atoms with E-state index in [4.69, 9.17) is 11.5 Å². The van der Waals surface area contributed by atoms with Crippen molar-refractivity contribution in [1.29, 1.82) is 0 Å². The van der Waals surface area contributed by atoms with Gasteiger partial charge in [0.15, 0.2) is 17.5 Å². The zero-order valence-electron chi connectivity index (χ0n) is 11.4. The van der Waals surface area contributed by atoms with Gasteiger partial charge in [-0.05, 0) is 19.8 Å². The third-order valence-electron chi connectivity index (χ3n) is 3.11. The first-order valence-electron chi connectivity index (χ1n) is 6.41. The molecule has 0 aromatic carbocycles. The second-order valence-corrected chi connectivity index (χ2v) is 4.93. The number of halogens is 1. The van der Waals surface area contributed by atoms with Gasteiger partial charge in [0, 0.05) is 5.92 Å². The fraction of sp³-hybridized carbons (Fsp3) is 0.417. The van der Waals surface area contributed by atoms with Crippen LogP contribution in [0, 0.1) is 0 Å². The number of aromatic nitrogens is 5. The van der Waals surface area contributed by atoms with Gasteiger partial charge in [-0.25, -0.2) is 15.0 Å². The van der Waals surface area contributed by atoms with Crippen molar-refractivity contribution in [3.8, 4) is 5.82 Å². The zero-order chi connectivity index (χ0) is 14.3. The standard InChI is InChI=1S/C12H15N7O.ClH/c1-6(13)12-17-11(7-2-3-7)18-19(12)9-5-15-8(4-16-9)10(14)20;/h4-7H,2-3,13H2,1H3,(H2,14,20);1H/t6-;/m0./s1. The third kappa shape index (κ3) is 3.01. The number of carbonyl (C=O) groups is 1. The summed E-state index contributed by atoms with van der Waals surface area (Å²) in [6, 6.07) is -0.271. The average Bonchev–Trinajstić information content (AvgIpc) is 3.17. The fourth-order valence-corrected chi connectivity index (χ4v) is 1.88. The third-order valence-corrected chi connectivity index (χ3v) is 3.11. The van der Waals surface area contributed by atoms with Crippen LogP contribution in [0.5, 0.6) is 0 Å². The van der Waals surface area contributed by atoms with Crippen LogP contribution in [0.15, 0.2) is 12.4 Å². The minimum atomic E-state index is -0.617. The van der Waals surface area contributed by atoms with Crippen LogP contribution < -0.4 is 11.5 Å². The molecule has 0 bridgehead atoms. The first-order valence-corrected chi connectivity index (χ1v) is 6.41. The van der Waals surface area contributed by atoms with E-state index in [9.17, 15) is 4.79 Å². The maximum Gasteiger partial charge on any atom is 0.268 e. The van der Waals surface area contributed by atoms with Gasteiger partial charge in [0.2, 0.25) is 0 Å². The van der Waals surface area contributed by atoms with Gasteiger partial charge in [-0.1, -0.05) is 0 Å². The number of amides is 1. The maximum absolute atomic E-state index is 11.0. The smallest absolute Gasteiger partial charge is 0.268 e. The summed E-state index contributed by atoms with van der Waals surface area (Å²) in [5, 5.41) is 4.45. The highest BCUT2D eigenvalue weighted by atomic mass is 35.5. The molecule has 4 N–H and O–H groups in total. The van der Waals surface area contributed by atoms with Gasteiger partial charge in [-0.2, -0.15) is 4.68 Å². The van der Waals surface area contributed by atoms with Crippen LogP contribution in [0.3, 0.4) is 0 Å². The molecular weight excluding hydrogens is 294 g/mol. The molecule has 2 heterocycles. The monoisotopic (exact) mass is 309 g/mol. The number of carbonyl (C=O) groups excluding carboxylic acids is 1. The molecule has 112 valence electrons. The molecule has 0 unspecified atom stereocenters. The Labute approximate surface area is 127 Å². The largest absolute Gasteiger partial charge is 0.364 e. The molecule has 1 amide bonds. The number of rotatable bonds is 4. The molecule has 1 atom stereocenters. The highest BCUT2D eigenvalue weighted by Crippen LogP contribution is 2.38. The number of hydrogen-bond donors (Lipinski definition) is 2. The van der Waals surface area contributed by atoms with Gasteiger partial charge in [-0.3, -0.25) is 4.79 Å². The molecule has 21 heavy (non-hydrogen) atoms. The Hall–Kier alpha value is -2.06. The molecule has 1 fully saturated rings. The number of primary amides is 1. The van der Waals surface area contributed by atoms with E-state index >= 15 is 0 Å². The van der Waals surface area contributed by atoms with Gasteiger partial charge in [0.25, 0.3) is 5.91 Å². The summed E-state index contributed by atoms with van der Waals surface area (Å²) >= 11 is 0. The molecule has 2 aromatic rings. The minimum Gasteiger partial charge on any atom is -0.364 e. The van der Waals surface area contributed by atoms with Crippen molar-refractivity contribution in [2.45, 2.75) is 31.7 Å². The van der Waals surface area contributed by atoms with Gasteiger partial charge in [0.1, 0.15) is 5.69 Å². The Morgan fingerprint density at radius 1 is 1.38 bits per heavy atom. The molecule has 0 saturated heterocycles. The van der Waals surface area contributed by atoms with E-state index in [1.165, 1.54) is 12.4 Å². The molecule has 1 saturated carbocycles. The van der Waals surface area contributed by atoms with Crippen molar-refractivity contribution in [2.75, 3.05) is 0 Å². The lowest BCUT2D eigenvalue weighted by molar-refractivity contribution is 0.0995. The van der Waals surface area contributed by atoms with Gasteiger partial charge in [-0.15, -0.1) is 17.5 Å². The zero-order valence-corrected chi connectivity index (χ0v) is 12.2. The van der Waals surface area contributed by atoms with Crippen LogP contribution in [0.25, 0.3) is 5.82 Å². The second kappa shape index (κ2) is 5.74. The van der Waals surface area contributed by atoms with Crippen LogP contribution in [0.4, 0.5) is 0 Å². The van der Waals surface area contributed by atoms with Crippen LogP contribution in [0.1, 0.15) is 53.9 Å². The number of nitrogens with zero attached hydrogens (tertiary/aromatic N) is 5. The lowest BCUT2D eigenvalue weighted by atomic mass is 10.3. The molecule has 0 aliphatic heterocycles. The van der Waals surface area contributed by atoms with Crippen LogP contribution in [0.2, 0.25) is 0 Å². The molecule has 8 nitrogen and oxygen atoms in total. The van der Waals surface area contributed by atoms with Crippen LogP contribution >= 0.6 is 12.4 Å². The Morgan fingerprint density at radius 2 is 2.10 bits per heavy atom. The summed E-state index contributed by atoms with van der Waals surface area (Å²) in [5.41, 5.74) is 11.2. The highest BCUT2D eigenvalue weighted by Gasteiger charge is 2.30. The highest BCUT2D eigenvalue weighted by molar-refractivity contribution is 5.90. The summed E-state index contributed by atoms with van der Waals surface area (Å²) in [6.07, 6.45) is 4.97. The fourth-order valence-electron chi connectivity index (χ4n) is 1.88. The first-order chi connectivity index (χ1) is 9.56. The van der Waals surface area contributed by atoms with Crippen molar-refractivity contribution in [1.82, 2.24) is 24.7 Å². The summed E-state index contributed by atoms with van der Waals surface area (Å²) in [4.78, 5) is 23.6. The molecule has 0 spiro atoms. The maximum atomic E-state index is 11.0. The van der Waals surface area contributed by atoms with E-state index in [-0.39, 0.29) is 24.1 Å². The molecule has 0 radical (unpaired) electrons. The van der Waals surface area contributed by atoms with E-state index in [1.807, 2.05) is 6.92 Å². The van der Waals surface area contributed by atoms with Gasteiger partial charge < -0.3 is 11.5 Å². The SMILES string of the molecule is C[C@H](N)c1nc(C2CC2)nn1-c1cnc(C(N)=O)cn1.Cl. The Kier molecular flexibility index (Phi) is 4.19. The average molecular weight is 310 g/mol. The van der Waals surface area contributed by atoms with Crippen molar-refractivity contribution in [2.24, 2.45) is 11.5 Å². The van der Waals surface area contributed by atoms with Crippen molar-refractivity contribution >= 4 is 18.3 Å². The van der Waals surface area contributed by atoms with Crippen molar-refractivity contribution in [3.63, 3.8) is 0 Å². The Bertz CT molecular complexity index is 648. The van der Waals surface area contributed by atoms with Gasteiger partial charge in [0.05, 0.1) is 18.4 Å². The second-order valence-electron chi connectivity index (χ2n) is 4.93. The lowest BCUT2D eigenvalue weighted by Crippen LogP contribution is -2.16. The predicted molar refractivity (Wildman–Crippen MR) is 77.3 cm³/mol. The van der Waals surface area contributed by atoms with Crippen LogP contribution in [-0.2, 0) is 0 Å². The minimum absolute atomic E-state index is 0. The topological polar surface area (TPSA) is 126 Å². The van der Waals surface area contributed by atoms with E-state index in [0.717, 1.165) is 18.7 Å². The molecule has 9 heteroatoms. The molecular formula is C12H16ClN7O. The quantitative estimate of drug-likeness (QED) is 0.845. The Morgan fingerprint density at radius 3 is 2.57 bits per heavy atom.